The minimum Gasteiger partial charge on any atom is -0.507 e. The van der Waals surface area contributed by atoms with Crippen molar-refractivity contribution in [2.75, 3.05) is 13.1 Å². The number of amides is 1. The highest BCUT2D eigenvalue weighted by molar-refractivity contribution is 5.96. The van der Waals surface area contributed by atoms with Crippen LogP contribution in [0.2, 0.25) is 0 Å². The van der Waals surface area contributed by atoms with Gasteiger partial charge in [0, 0.05) is 6.54 Å². The van der Waals surface area contributed by atoms with Crippen molar-refractivity contribution in [1.82, 2.24) is 4.90 Å². The van der Waals surface area contributed by atoms with Crippen LogP contribution in [0.25, 0.3) is 0 Å². The Morgan fingerprint density at radius 1 is 1.53 bits per heavy atom. The number of nitriles is 1. The second-order valence-electron chi connectivity index (χ2n) is 2.99. The summed E-state index contributed by atoms with van der Waals surface area (Å²) in [6.45, 7) is 2.26. The molecule has 0 heterocycles. The molecule has 0 aliphatic heterocycles. The van der Waals surface area contributed by atoms with Gasteiger partial charge in [0.25, 0.3) is 5.91 Å². The van der Waals surface area contributed by atoms with Crippen molar-refractivity contribution in [3.63, 3.8) is 0 Å². The summed E-state index contributed by atoms with van der Waals surface area (Å²) in [6.07, 6.45) is 0. The third kappa shape index (κ3) is 2.47. The Bertz CT molecular complexity index is 396. The third-order valence-electron chi connectivity index (χ3n) is 2.06. The summed E-state index contributed by atoms with van der Waals surface area (Å²) in [6, 6.07) is 8.22. The van der Waals surface area contributed by atoms with Crippen molar-refractivity contribution in [1.29, 1.82) is 5.26 Å². The minimum absolute atomic E-state index is 0.0314. The first-order valence-electron chi connectivity index (χ1n) is 4.65. The van der Waals surface area contributed by atoms with Crippen molar-refractivity contribution < 1.29 is 9.90 Å². The van der Waals surface area contributed by atoms with Gasteiger partial charge in [-0.25, -0.2) is 0 Å². The molecule has 0 saturated carbocycles. The van der Waals surface area contributed by atoms with Crippen LogP contribution >= 0.6 is 0 Å². The van der Waals surface area contributed by atoms with Crippen molar-refractivity contribution in [2.24, 2.45) is 0 Å². The molecule has 0 spiro atoms. The van der Waals surface area contributed by atoms with Crippen LogP contribution in [0.3, 0.4) is 0 Å². The molecule has 1 amide bonds. The molecule has 1 N–H and O–H groups in total. The van der Waals surface area contributed by atoms with Crippen LogP contribution in [-0.2, 0) is 0 Å². The first-order valence-corrected chi connectivity index (χ1v) is 4.65. The summed E-state index contributed by atoms with van der Waals surface area (Å²) in [5.41, 5.74) is 0.231. The minimum atomic E-state index is -0.322. The number of hydrogen-bond acceptors (Lipinski definition) is 3. The lowest BCUT2D eigenvalue weighted by Gasteiger charge is -2.17. The van der Waals surface area contributed by atoms with Gasteiger partial charge >= 0.3 is 0 Å². The SMILES string of the molecule is CCN(CC#N)C(=O)c1ccccc1O. The smallest absolute Gasteiger partial charge is 0.258 e. The van der Waals surface area contributed by atoms with Gasteiger partial charge in [-0.2, -0.15) is 5.26 Å². The van der Waals surface area contributed by atoms with E-state index in [0.717, 1.165) is 0 Å². The summed E-state index contributed by atoms with van der Waals surface area (Å²) in [4.78, 5) is 13.2. The van der Waals surface area contributed by atoms with Gasteiger partial charge in [0.1, 0.15) is 12.3 Å². The van der Waals surface area contributed by atoms with E-state index in [1.165, 1.54) is 17.0 Å². The molecule has 0 aliphatic carbocycles. The topological polar surface area (TPSA) is 64.3 Å². The quantitative estimate of drug-likeness (QED) is 0.756. The predicted octanol–water partition coefficient (Wildman–Crippen LogP) is 1.38. The molecule has 0 aliphatic rings. The highest BCUT2D eigenvalue weighted by Crippen LogP contribution is 2.17. The van der Waals surface area contributed by atoms with Crippen molar-refractivity contribution in [3.8, 4) is 11.8 Å². The van der Waals surface area contributed by atoms with Gasteiger partial charge in [-0.3, -0.25) is 4.79 Å². The number of carbonyl (C=O) groups is 1. The third-order valence-corrected chi connectivity index (χ3v) is 2.06. The number of nitrogens with zero attached hydrogens (tertiary/aromatic N) is 2. The molecule has 1 rings (SSSR count). The predicted molar refractivity (Wildman–Crippen MR) is 55.3 cm³/mol. The Hall–Kier alpha value is -2.02. The monoisotopic (exact) mass is 204 g/mol. The van der Waals surface area contributed by atoms with Gasteiger partial charge < -0.3 is 10.0 Å². The molecule has 0 aromatic heterocycles. The number of phenolic OH excluding ortho intramolecular Hbond substituents is 1. The maximum Gasteiger partial charge on any atom is 0.258 e. The molecule has 78 valence electrons. The van der Waals surface area contributed by atoms with E-state index in [2.05, 4.69) is 0 Å². The summed E-state index contributed by atoms with van der Waals surface area (Å²) in [5.74, 6) is -0.379. The lowest BCUT2D eigenvalue weighted by Crippen LogP contribution is -2.31. The van der Waals surface area contributed by atoms with Crippen LogP contribution in [0.15, 0.2) is 24.3 Å². The molecule has 4 nitrogen and oxygen atoms in total. The number of aromatic hydroxyl groups is 1. The maximum absolute atomic E-state index is 11.8. The van der Waals surface area contributed by atoms with E-state index in [-0.39, 0.29) is 23.8 Å². The fourth-order valence-corrected chi connectivity index (χ4v) is 1.24. The first-order chi connectivity index (χ1) is 7.20. The molecule has 0 saturated heterocycles. The number of rotatable bonds is 3. The van der Waals surface area contributed by atoms with E-state index in [1.807, 2.05) is 6.07 Å². The van der Waals surface area contributed by atoms with E-state index in [0.29, 0.717) is 6.54 Å². The van der Waals surface area contributed by atoms with Crippen LogP contribution in [0, 0.1) is 11.3 Å². The van der Waals surface area contributed by atoms with Crippen LogP contribution in [0.1, 0.15) is 17.3 Å². The Kier molecular flexibility index (Phi) is 3.69. The number of benzene rings is 1. The van der Waals surface area contributed by atoms with E-state index >= 15 is 0 Å². The fourth-order valence-electron chi connectivity index (χ4n) is 1.24. The lowest BCUT2D eigenvalue weighted by atomic mass is 10.2. The van der Waals surface area contributed by atoms with Gasteiger partial charge in [0.05, 0.1) is 11.6 Å². The molecule has 0 bridgehead atoms. The number of para-hydroxylation sites is 1. The first kappa shape index (κ1) is 11.1. The number of carbonyl (C=O) groups excluding carboxylic acids is 1. The molecule has 1 aromatic rings. The van der Waals surface area contributed by atoms with Crippen LogP contribution in [-0.4, -0.2) is 29.0 Å². The van der Waals surface area contributed by atoms with E-state index in [9.17, 15) is 9.90 Å². The van der Waals surface area contributed by atoms with E-state index in [1.54, 1.807) is 19.1 Å². The zero-order valence-electron chi connectivity index (χ0n) is 8.47. The second kappa shape index (κ2) is 5.01. The average Bonchev–Trinajstić information content (AvgIpc) is 2.25. The summed E-state index contributed by atoms with van der Waals surface area (Å²) >= 11 is 0. The van der Waals surface area contributed by atoms with Crippen molar-refractivity contribution in [3.05, 3.63) is 29.8 Å². The van der Waals surface area contributed by atoms with Crippen molar-refractivity contribution in [2.45, 2.75) is 6.92 Å². The van der Waals surface area contributed by atoms with Crippen LogP contribution in [0.5, 0.6) is 5.75 Å². The standard InChI is InChI=1S/C11H12N2O2/c1-2-13(8-7-12)11(15)9-5-3-4-6-10(9)14/h3-6,14H,2,8H2,1H3. The molecule has 4 heteroatoms. The van der Waals surface area contributed by atoms with E-state index < -0.39 is 0 Å². The Labute approximate surface area is 88.4 Å². The normalized spacial score (nSPS) is 9.33. The van der Waals surface area contributed by atoms with Crippen molar-refractivity contribution >= 4 is 5.91 Å². The Balaban J connectivity index is 2.94. The second-order valence-corrected chi connectivity index (χ2v) is 2.99. The molecule has 15 heavy (non-hydrogen) atoms. The summed E-state index contributed by atoms with van der Waals surface area (Å²) in [5, 5.41) is 18.0. The maximum atomic E-state index is 11.8. The molecular weight excluding hydrogens is 192 g/mol. The number of hydrogen-bond donors (Lipinski definition) is 1. The van der Waals surface area contributed by atoms with Crippen LogP contribution < -0.4 is 0 Å². The Morgan fingerprint density at radius 2 is 2.20 bits per heavy atom. The van der Waals surface area contributed by atoms with Gasteiger partial charge in [-0.05, 0) is 19.1 Å². The molecule has 0 atom stereocenters. The highest BCUT2D eigenvalue weighted by atomic mass is 16.3. The molecule has 1 aromatic carbocycles. The summed E-state index contributed by atoms with van der Waals surface area (Å²) in [7, 11) is 0. The molecule has 0 unspecified atom stereocenters. The number of phenols is 1. The van der Waals surface area contributed by atoms with Gasteiger partial charge in [0.2, 0.25) is 0 Å². The molecule has 0 fully saturated rings. The van der Waals surface area contributed by atoms with Crippen LogP contribution in [0.4, 0.5) is 0 Å². The Morgan fingerprint density at radius 3 is 2.73 bits per heavy atom. The highest BCUT2D eigenvalue weighted by Gasteiger charge is 2.16. The van der Waals surface area contributed by atoms with E-state index in [4.69, 9.17) is 5.26 Å². The summed E-state index contributed by atoms with van der Waals surface area (Å²) < 4.78 is 0. The van der Waals surface area contributed by atoms with Gasteiger partial charge in [-0.1, -0.05) is 12.1 Å². The molecule has 0 radical (unpaired) electrons. The fraction of sp³-hybridized carbons (Fsp3) is 0.273. The largest absolute Gasteiger partial charge is 0.507 e. The zero-order valence-corrected chi connectivity index (χ0v) is 8.47. The lowest BCUT2D eigenvalue weighted by molar-refractivity contribution is 0.0781. The molecular formula is C11H12N2O2. The average molecular weight is 204 g/mol. The zero-order chi connectivity index (χ0) is 11.3. The van der Waals surface area contributed by atoms with Gasteiger partial charge in [-0.15, -0.1) is 0 Å². The van der Waals surface area contributed by atoms with Gasteiger partial charge in [0.15, 0.2) is 0 Å².